The van der Waals surface area contributed by atoms with Crippen LogP contribution < -0.4 is 5.32 Å². The molecule has 0 spiro atoms. The maximum Gasteiger partial charge on any atom is 0.276 e. The standard InChI is InChI=1S/C20H22ClN5O3S3/c1-3-17-24-25-20(31-17)23-18(27)16-11-30-19(22-16)13-6-8-26(9-7-13)32(28,29)14-5-4-12(2)15(21)10-14/h4-5,10-11,13H,3,6-9H2,1-2H3,(H,23,25,27). The van der Waals surface area contributed by atoms with Crippen molar-refractivity contribution in [1.29, 1.82) is 0 Å². The molecule has 32 heavy (non-hydrogen) atoms. The van der Waals surface area contributed by atoms with Gasteiger partial charge in [0.05, 0.1) is 9.90 Å². The first-order valence-electron chi connectivity index (χ1n) is 10.1. The molecule has 1 aliphatic heterocycles. The second-order valence-corrected chi connectivity index (χ2v) is 11.8. The summed E-state index contributed by atoms with van der Waals surface area (Å²) in [6.45, 7) is 4.60. The highest BCUT2D eigenvalue weighted by Gasteiger charge is 2.31. The number of aryl methyl sites for hydroxylation is 2. The van der Waals surface area contributed by atoms with Crippen molar-refractivity contribution < 1.29 is 13.2 Å². The van der Waals surface area contributed by atoms with Crippen molar-refractivity contribution in [2.75, 3.05) is 18.4 Å². The number of piperidine rings is 1. The maximum absolute atomic E-state index is 13.0. The molecular formula is C20H22ClN5O3S3. The van der Waals surface area contributed by atoms with E-state index >= 15 is 0 Å². The number of anilines is 1. The molecule has 0 saturated carbocycles. The topological polar surface area (TPSA) is 105 Å². The average molecular weight is 512 g/mol. The minimum Gasteiger partial charge on any atom is -0.295 e. The smallest absolute Gasteiger partial charge is 0.276 e. The zero-order valence-corrected chi connectivity index (χ0v) is 20.7. The lowest BCUT2D eigenvalue weighted by atomic mass is 9.99. The SMILES string of the molecule is CCc1nnc(NC(=O)c2csc(C3CCN(S(=O)(=O)c4ccc(C)c(Cl)c4)CC3)n2)s1. The fourth-order valence-electron chi connectivity index (χ4n) is 3.41. The molecule has 1 aliphatic rings. The molecule has 12 heteroatoms. The van der Waals surface area contributed by atoms with E-state index in [2.05, 4.69) is 20.5 Å². The number of benzene rings is 1. The Hall–Kier alpha value is -1.92. The van der Waals surface area contributed by atoms with Crippen LogP contribution in [-0.4, -0.2) is 46.9 Å². The second kappa shape index (κ2) is 9.52. The van der Waals surface area contributed by atoms with Crippen molar-refractivity contribution in [1.82, 2.24) is 19.5 Å². The third kappa shape index (κ3) is 4.86. The molecule has 3 heterocycles. The van der Waals surface area contributed by atoms with Crippen molar-refractivity contribution in [2.45, 2.75) is 43.9 Å². The number of carbonyl (C=O) groups is 1. The van der Waals surface area contributed by atoms with Gasteiger partial charge in [0.1, 0.15) is 10.7 Å². The molecule has 1 fully saturated rings. The minimum atomic E-state index is -3.59. The Bertz CT molecular complexity index is 1230. The molecular weight excluding hydrogens is 490 g/mol. The highest BCUT2D eigenvalue weighted by atomic mass is 35.5. The van der Waals surface area contributed by atoms with Crippen LogP contribution in [0.5, 0.6) is 0 Å². The van der Waals surface area contributed by atoms with Crippen molar-refractivity contribution in [3.63, 3.8) is 0 Å². The van der Waals surface area contributed by atoms with Gasteiger partial charge in [0, 0.05) is 29.4 Å². The normalized spacial score (nSPS) is 15.7. The van der Waals surface area contributed by atoms with E-state index in [1.54, 1.807) is 17.5 Å². The summed E-state index contributed by atoms with van der Waals surface area (Å²) >= 11 is 8.89. The summed E-state index contributed by atoms with van der Waals surface area (Å²) in [5.74, 6) is -0.203. The summed E-state index contributed by atoms with van der Waals surface area (Å²) in [7, 11) is -3.59. The Morgan fingerprint density at radius 2 is 2.03 bits per heavy atom. The van der Waals surface area contributed by atoms with Crippen LogP contribution in [0.1, 0.15) is 51.8 Å². The van der Waals surface area contributed by atoms with E-state index in [9.17, 15) is 13.2 Å². The van der Waals surface area contributed by atoms with Crippen LogP contribution in [0, 0.1) is 6.92 Å². The van der Waals surface area contributed by atoms with E-state index in [-0.39, 0.29) is 16.7 Å². The largest absolute Gasteiger partial charge is 0.295 e. The van der Waals surface area contributed by atoms with Crippen molar-refractivity contribution in [3.05, 3.63) is 49.9 Å². The molecule has 170 valence electrons. The van der Waals surface area contributed by atoms with Crippen molar-refractivity contribution >= 4 is 55.3 Å². The molecule has 0 bridgehead atoms. The van der Waals surface area contributed by atoms with Gasteiger partial charge >= 0.3 is 0 Å². The van der Waals surface area contributed by atoms with Crippen LogP contribution in [0.4, 0.5) is 5.13 Å². The summed E-state index contributed by atoms with van der Waals surface area (Å²) in [5.41, 5.74) is 1.17. The van der Waals surface area contributed by atoms with Crippen molar-refractivity contribution in [3.8, 4) is 0 Å². The number of carbonyl (C=O) groups excluding carboxylic acids is 1. The molecule has 1 aromatic carbocycles. The highest BCUT2D eigenvalue weighted by Crippen LogP contribution is 2.33. The van der Waals surface area contributed by atoms with Crippen LogP contribution in [0.2, 0.25) is 5.02 Å². The van der Waals surface area contributed by atoms with Crippen LogP contribution in [0.3, 0.4) is 0 Å². The Morgan fingerprint density at radius 1 is 1.28 bits per heavy atom. The van der Waals surface area contributed by atoms with Gasteiger partial charge in [0.25, 0.3) is 5.91 Å². The van der Waals surface area contributed by atoms with Crippen LogP contribution in [-0.2, 0) is 16.4 Å². The second-order valence-electron chi connectivity index (χ2n) is 7.47. The summed E-state index contributed by atoms with van der Waals surface area (Å²) in [6.07, 6.45) is 2.05. The third-order valence-electron chi connectivity index (χ3n) is 5.33. The van der Waals surface area contributed by atoms with Crippen LogP contribution >= 0.6 is 34.3 Å². The first kappa shape index (κ1) is 23.2. The Balaban J connectivity index is 1.38. The van der Waals surface area contributed by atoms with E-state index in [0.717, 1.165) is 22.0 Å². The number of nitrogens with zero attached hydrogens (tertiary/aromatic N) is 4. The molecule has 0 radical (unpaired) electrons. The Kier molecular flexibility index (Phi) is 6.91. The maximum atomic E-state index is 13.0. The monoisotopic (exact) mass is 511 g/mol. The first-order chi connectivity index (χ1) is 15.3. The summed E-state index contributed by atoms with van der Waals surface area (Å²) < 4.78 is 27.4. The van der Waals surface area contributed by atoms with Gasteiger partial charge in [-0.15, -0.1) is 21.5 Å². The Labute approximate surface area is 199 Å². The molecule has 1 amide bonds. The van der Waals surface area contributed by atoms with Gasteiger partial charge in [-0.25, -0.2) is 13.4 Å². The van der Waals surface area contributed by atoms with Gasteiger partial charge in [0.15, 0.2) is 0 Å². The number of nitrogens with one attached hydrogen (secondary N) is 1. The zero-order valence-electron chi connectivity index (χ0n) is 17.5. The molecule has 0 atom stereocenters. The fraction of sp³-hybridized carbons (Fsp3) is 0.400. The molecule has 0 aliphatic carbocycles. The predicted octanol–water partition coefficient (Wildman–Crippen LogP) is 4.34. The van der Waals surface area contributed by atoms with E-state index in [1.807, 2.05) is 13.8 Å². The minimum absolute atomic E-state index is 0.114. The summed E-state index contributed by atoms with van der Waals surface area (Å²) in [6, 6.07) is 4.82. The molecule has 4 rings (SSSR count). The van der Waals surface area contributed by atoms with E-state index in [4.69, 9.17) is 11.6 Å². The quantitative estimate of drug-likeness (QED) is 0.527. The van der Waals surface area contributed by atoms with E-state index < -0.39 is 10.0 Å². The van der Waals surface area contributed by atoms with Gasteiger partial charge in [-0.05, 0) is 43.9 Å². The number of hydrogen-bond acceptors (Lipinski definition) is 8. The van der Waals surface area contributed by atoms with Gasteiger partial charge in [-0.3, -0.25) is 10.1 Å². The van der Waals surface area contributed by atoms with Crippen LogP contribution in [0.15, 0.2) is 28.5 Å². The number of rotatable bonds is 6. The zero-order chi connectivity index (χ0) is 22.9. The number of thiazole rings is 1. The first-order valence-corrected chi connectivity index (χ1v) is 13.6. The van der Waals surface area contributed by atoms with Gasteiger partial charge in [-0.2, -0.15) is 4.31 Å². The summed E-state index contributed by atoms with van der Waals surface area (Å²) in [4.78, 5) is 17.2. The number of amides is 1. The molecule has 2 aromatic heterocycles. The molecule has 8 nitrogen and oxygen atoms in total. The van der Waals surface area contributed by atoms with Gasteiger partial charge in [0.2, 0.25) is 15.2 Å². The Morgan fingerprint density at radius 3 is 2.69 bits per heavy atom. The molecule has 1 saturated heterocycles. The van der Waals surface area contributed by atoms with E-state index in [1.165, 1.54) is 33.0 Å². The van der Waals surface area contributed by atoms with Crippen LogP contribution in [0.25, 0.3) is 0 Å². The predicted molar refractivity (Wildman–Crippen MR) is 126 cm³/mol. The molecule has 1 N–H and O–H groups in total. The number of sulfonamides is 1. The fourth-order valence-corrected chi connectivity index (χ4v) is 6.80. The number of halogens is 1. The molecule has 3 aromatic rings. The lowest BCUT2D eigenvalue weighted by molar-refractivity contribution is 0.102. The number of hydrogen-bond donors (Lipinski definition) is 1. The van der Waals surface area contributed by atoms with Crippen molar-refractivity contribution in [2.24, 2.45) is 0 Å². The number of aromatic nitrogens is 3. The lowest BCUT2D eigenvalue weighted by Crippen LogP contribution is -2.37. The third-order valence-corrected chi connectivity index (χ3v) is 9.62. The average Bonchev–Trinajstić information content (AvgIpc) is 3.45. The summed E-state index contributed by atoms with van der Waals surface area (Å²) in [5, 5.41) is 15.0. The lowest BCUT2D eigenvalue weighted by Gasteiger charge is -2.30. The van der Waals surface area contributed by atoms with Gasteiger partial charge < -0.3 is 0 Å². The highest BCUT2D eigenvalue weighted by molar-refractivity contribution is 7.89. The van der Waals surface area contributed by atoms with Gasteiger partial charge in [-0.1, -0.05) is 35.9 Å². The molecule has 0 unspecified atom stereocenters. The van der Waals surface area contributed by atoms with E-state index in [0.29, 0.717) is 41.8 Å².